The molecule has 0 unspecified atom stereocenters. The van der Waals surface area contributed by atoms with Gasteiger partial charge in [0.05, 0.1) is 12.3 Å². The third-order valence-electron chi connectivity index (χ3n) is 2.16. The van der Waals surface area contributed by atoms with E-state index in [4.69, 9.17) is 4.74 Å². The van der Waals surface area contributed by atoms with Crippen LogP contribution in [0.4, 0.5) is 15.2 Å². The van der Waals surface area contributed by atoms with Gasteiger partial charge in [0, 0.05) is 9.85 Å². The monoisotopic (exact) mass is 344 g/mol. The first-order valence-corrected chi connectivity index (χ1v) is 7.12. The van der Waals surface area contributed by atoms with Gasteiger partial charge in [-0.1, -0.05) is 15.9 Å². The number of carbonyl (C=O) groups excluding carboxylic acids is 1. The number of hydrogen-bond donors (Lipinski definition) is 1. The smallest absolute Gasteiger partial charge is 0.357 e. The second-order valence-corrected chi connectivity index (χ2v) is 5.28. The van der Waals surface area contributed by atoms with Crippen LogP contribution in [0, 0.1) is 5.82 Å². The van der Waals surface area contributed by atoms with Crippen molar-refractivity contribution in [3.8, 4) is 0 Å². The molecule has 7 heteroatoms. The molecule has 1 aromatic carbocycles. The fourth-order valence-corrected chi connectivity index (χ4v) is 2.36. The Morgan fingerprint density at radius 3 is 3.05 bits per heavy atom. The van der Waals surface area contributed by atoms with Crippen molar-refractivity contribution < 1.29 is 13.9 Å². The lowest BCUT2D eigenvalue weighted by Gasteiger charge is -2.04. The fourth-order valence-electron chi connectivity index (χ4n) is 1.34. The summed E-state index contributed by atoms with van der Waals surface area (Å²) >= 11 is 4.39. The van der Waals surface area contributed by atoms with Crippen LogP contribution in [0.5, 0.6) is 0 Å². The molecule has 0 saturated carbocycles. The number of carbonyl (C=O) groups is 1. The molecule has 1 aromatic heterocycles. The average Bonchev–Trinajstić information content (AvgIpc) is 2.82. The maximum atomic E-state index is 13.6. The normalized spacial score (nSPS) is 10.3. The van der Waals surface area contributed by atoms with E-state index < -0.39 is 11.8 Å². The van der Waals surface area contributed by atoms with Crippen LogP contribution in [0.2, 0.25) is 0 Å². The van der Waals surface area contributed by atoms with Crippen molar-refractivity contribution in [1.29, 1.82) is 0 Å². The molecule has 2 rings (SSSR count). The maximum Gasteiger partial charge on any atom is 0.357 e. The number of benzene rings is 1. The van der Waals surface area contributed by atoms with Crippen molar-refractivity contribution in [2.75, 3.05) is 11.9 Å². The van der Waals surface area contributed by atoms with Crippen LogP contribution >= 0.6 is 27.3 Å². The molecule has 0 spiro atoms. The van der Waals surface area contributed by atoms with E-state index in [1.165, 1.54) is 17.4 Å². The summed E-state index contributed by atoms with van der Waals surface area (Å²) in [5.74, 6) is -0.884. The molecule has 1 N–H and O–H groups in total. The Labute approximate surface area is 121 Å². The number of thiazole rings is 1. The number of rotatable bonds is 4. The third kappa shape index (κ3) is 3.51. The van der Waals surface area contributed by atoms with Gasteiger partial charge in [0.1, 0.15) is 5.82 Å². The Bertz CT molecular complexity index is 603. The second kappa shape index (κ2) is 6.12. The molecular formula is C12H10BrFN2O2S. The van der Waals surface area contributed by atoms with Crippen LogP contribution in [0.25, 0.3) is 0 Å². The number of ether oxygens (including phenoxy) is 1. The van der Waals surface area contributed by atoms with Crippen molar-refractivity contribution in [2.24, 2.45) is 0 Å². The van der Waals surface area contributed by atoms with Crippen molar-refractivity contribution in [2.45, 2.75) is 6.92 Å². The predicted molar refractivity (Wildman–Crippen MR) is 75.5 cm³/mol. The molecule has 0 amide bonds. The lowest BCUT2D eigenvalue weighted by molar-refractivity contribution is 0.0520. The molecule has 4 nitrogen and oxygen atoms in total. The molecule has 0 aliphatic rings. The largest absolute Gasteiger partial charge is 0.461 e. The number of aromatic nitrogens is 1. The zero-order chi connectivity index (χ0) is 13.8. The fraction of sp³-hybridized carbons (Fsp3) is 0.167. The number of halogens is 2. The molecule has 0 aliphatic carbocycles. The molecule has 1 heterocycles. The van der Waals surface area contributed by atoms with E-state index >= 15 is 0 Å². The molecule has 19 heavy (non-hydrogen) atoms. The highest BCUT2D eigenvalue weighted by Gasteiger charge is 2.12. The number of esters is 1. The Kier molecular flexibility index (Phi) is 4.49. The quantitative estimate of drug-likeness (QED) is 0.852. The van der Waals surface area contributed by atoms with Gasteiger partial charge >= 0.3 is 5.97 Å². The van der Waals surface area contributed by atoms with Crippen LogP contribution in [-0.4, -0.2) is 17.6 Å². The maximum absolute atomic E-state index is 13.6. The Balaban J connectivity index is 2.13. The zero-order valence-electron chi connectivity index (χ0n) is 9.94. The highest BCUT2D eigenvalue weighted by molar-refractivity contribution is 9.10. The van der Waals surface area contributed by atoms with E-state index in [2.05, 4.69) is 26.2 Å². The molecule has 100 valence electrons. The van der Waals surface area contributed by atoms with Crippen LogP contribution in [0.15, 0.2) is 28.1 Å². The number of hydrogen-bond acceptors (Lipinski definition) is 5. The minimum atomic E-state index is -0.483. The van der Waals surface area contributed by atoms with Crippen molar-refractivity contribution in [3.63, 3.8) is 0 Å². The van der Waals surface area contributed by atoms with E-state index in [1.54, 1.807) is 24.4 Å². The zero-order valence-corrected chi connectivity index (χ0v) is 12.3. The van der Waals surface area contributed by atoms with E-state index in [0.717, 1.165) is 0 Å². The number of nitrogens with one attached hydrogen (secondary N) is 1. The molecule has 0 radical (unpaired) electrons. The van der Waals surface area contributed by atoms with E-state index in [9.17, 15) is 9.18 Å². The van der Waals surface area contributed by atoms with Gasteiger partial charge in [-0.25, -0.2) is 14.2 Å². The van der Waals surface area contributed by atoms with Gasteiger partial charge in [-0.2, -0.15) is 0 Å². The summed E-state index contributed by atoms with van der Waals surface area (Å²) in [5, 5.41) is 4.82. The molecular weight excluding hydrogens is 335 g/mol. The lowest BCUT2D eigenvalue weighted by atomic mass is 10.3. The summed E-state index contributed by atoms with van der Waals surface area (Å²) in [6, 6.07) is 4.65. The van der Waals surface area contributed by atoms with Crippen LogP contribution in [-0.2, 0) is 4.74 Å². The van der Waals surface area contributed by atoms with Crippen molar-refractivity contribution in [1.82, 2.24) is 4.98 Å². The van der Waals surface area contributed by atoms with Crippen LogP contribution in [0.3, 0.4) is 0 Å². The van der Waals surface area contributed by atoms with E-state index in [-0.39, 0.29) is 5.69 Å². The van der Waals surface area contributed by atoms with Gasteiger partial charge in [0.15, 0.2) is 10.8 Å². The first-order valence-electron chi connectivity index (χ1n) is 5.45. The predicted octanol–water partition coefficient (Wildman–Crippen LogP) is 3.97. The number of nitrogens with zero attached hydrogens (tertiary/aromatic N) is 1. The Hall–Kier alpha value is -1.47. The summed E-state index contributed by atoms with van der Waals surface area (Å²) in [4.78, 5) is 15.5. The molecule has 0 saturated heterocycles. The van der Waals surface area contributed by atoms with Crippen molar-refractivity contribution >= 4 is 44.1 Å². The molecule has 0 aliphatic heterocycles. The van der Waals surface area contributed by atoms with Gasteiger partial charge in [0.25, 0.3) is 0 Å². The Morgan fingerprint density at radius 1 is 1.58 bits per heavy atom. The molecule has 0 bridgehead atoms. The van der Waals surface area contributed by atoms with Gasteiger partial charge in [-0.15, -0.1) is 11.3 Å². The third-order valence-corrected chi connectivity index (χ3v) is 3.41. The molecule has 2 aromatic rings. The van der Waals surface area contributed by atoms with Gasteiger partial charge in [-0.3, -0.25) is 0 Å². The summed E-state index contributed by atoms with van der Waals surface area (Å²) in [7, 11) is 0. The minimum absolute atomic E-state index is 0.215. The molecule has 0 fully saturated rings. The van der Waals surface area contributed by atoms with E-state index in [0.29, 0.717) is 21.9 Å². The number of anilines is 2. The van der Waals surface area contributed by atoms with Crippen molar-refractivity contribution in [3.05, 3.63) is 39.6 Å². The lowest BCUT2D eigenvalue weighted by Crippen LogP contribution is -2.05. The summed E-state index contributed by atoms with van der Waals surface area (Å²) < 4.78 is 19.1. The second-order valence-electron chi connectivity index (χ2n) is 3.51. The SMILES string of the molecule is CCOC(=O)c1csc(Nc2ccc(Br)cc2F)n1. The minimum Gasteiger partial charge on any atom is -0.461 e. The standard InChI is InChI=1S/C12H10BrFN2O2S/c1-2-18-11(17)10-6-19-12(16-10)15-9-4-3-7(13)5-8(9)14/h3-6H,2H2,1H3,(H,15,16). The Morgan fingerprint density at radius 2 is 2.37 bits per heavy atom. The van der Waals surface area contributed by atoms with Crippen LogP contribution < -0.4 is 5.32 Å². The summed E-state index contributed by atoms with van der Waals surface area (Å²) in [6.45, 7) is 2.01. The van der Waals surface area contributed by atoms with Gasteiger partial charge < -0.3 is 10.1 Å². The topological polar surface area (TPSA) is 51.2 Å². The van der Waals surface area contributed by atoms with Gasteiger partial charge in [0.2, 0.25) is 0 Å². The summed E-state index contributed by atoms with van der Waals surface area (Å²) in [5.41, 5.74) is 0.514. The highest BCUT2D eigenvalue weighted by Crippen LogP contribution is 2.25. The first-order chi connectivity index (χ1) is 9.10. The molecule has 0 atom stereocenters. The highest BCUT2D eigenvalue weighted by atomic mass is 79.9. The average molecular weight is 345 g/mol. The van der Waals surface area contributed by atoms with Gasteiger partial charge in [-0.05, 0) is 25.1 Å². The summed E-state index contributed by atoms with van der Waals surface area (Å²) in [6.07, 6.45) is 0. The van der Waals surface area contributed by atoms with Crippen LogP contribution in [0.1, 0.15) is 17.4 Å². The van der Waals surface area contributed by atoms with E-state index in [1.807, 2.05) is 0 Å². The first kappa shape index (κ1) is 14.0.